The van der Waals surface area contributed by atoms with Crippen LogP contribution in [0.4, 0.5) is 11.4 Å². The molecule has 2 N–H and O–H groups in total. The molecule has 0 radical (unpaired) electrons. The molecule has 1 heterocycles. The van der Waals surface area contributed by atoms with Crippen molar-refractivity contribution in [2.24, 2.45) is 0 Å². The molecule has 1 aromatic heterocycles. The van der Waals surface area contributed by atoms with Crippen LogP contribution in [0.5, 0.6) is 0 Å². The third-order valence-electron chi connectivity index (χ3n) is 3.61. The zero-order chi connectivity index (χ0) is 13.9. The second kappa shape index (κ2) is 5.67. The third-order valence-corrected chi connectivity index (χ3v) is 4.53. The molecule has 20 heavy (non-hydrogen) atoms. The Bertz CT molecular complexity index is 633. The zero-order valence-electron chi connectivity index (χ0n) is 11.5. The fraction of sp³-hybridized carbons (Fsp3) is 0.312. The van der Waals surface area contributed by atoms with Gasteiger partial charge < -0.3 is 10.6 Å². The number of fused-ring (bicyclic) bond motifs is 1. The fourth-order valence-corrected chi connectivity index (χ4v) is 3.41. The van der Waals surface area contributed by atoms with Gasteiger partial charge in [-0.1, -0.05) is 6.07 Å². The molecule has 0 fully saturated rings. The summed E-state index contributed by atoms with van der Waals surface area (Å²) in [7, 11) is 0. The summed E-state index contributed by atoms with van der Waals surface area (Å²) in [5.74, 6) is -0.0258. The van der Waals surface area contributed by atoms with Crippen molar-refractivity contribution in [3.05, 3.63) is 45.6 Å². The van der Waals surface area contributed by atoms with Gasteiger partial charge in [-0.3, -0.25) is 4.79 Å². The van der Waals surface area contributed by atoms with Crippen LogP contribution in [0.3, 0.4) is 0 Å². The molecule has 1 aromatic carbocycles. The van der Waals surface area contributed by atoms with E-state index in [0.717, 1.165) is 22.8 Å². The Morgan fingerprint density at radius 2 is 2.10 bits per heavy atom. The summed E-state index contributed by atoms with van der Waals surface area (Å²) in [6, 6.07) is 8.59. The molecule has 0 bridgehead atoms. The summed E-state index contributed by atoms with van der Waals surface area (Å²) in [5.41, 5.74) is 5.04. The smallest absolute Gasteiger partial charge is 0.221 e. The summed E-state index contributed by atoms with van der Waals surface area (Å²) < 4.78 is 0. The van der Waals surface area contributed by atoms with Gasteiger partial charge in [0.05, 0.1) is 12.2 Å². The van der Waals surface area contributed by atoms with Crippen molar-refractivity contribution < 1.29 is 4.79 Å². The summed E-state index contributed by atoms with van der Waals surface area (Å²) in [5, 5.41) is 8.32. The lowest BCUT2D eigenvalue weighted by molar-refractivity contribution is -0.114. The van der Waals surface area contributed by atoms with Crippen molar-refractivity contribution in [1.82, 2.24) is 0 Å². The number of hydrogen-bond acceptors (Lipinski definition) is 3. The van der Waals surface area contributed by atoms with E-state index in [9.17, 15) is 4.79 Å². The topological polar surface area (TPSA) is 41.1 Å². The van der Waals surface area contributed by atoms with Crippen LogP contribution < -0.4 is 10.6 Å². The van der Waals surface area contributed by atoms with Gasteiger partial charge in [0.15, 0.2) is 0 Å². The van der Waals surface area contributed by atoms with Gasteiger partial charge in [-0.25, -0.2) is 0 Å². The SMILES string of the molecule is CC(=O)Nc1ccsc1CNc1ccc2c(c1)CCC2. The average Bonchev–Trinajstić information content (AvgIpc) is 3.03. The van der Waals surface area contributed by atoms with Gasteiger partial charge in [0.25, 0.3) is 0 Å². The van der Waals surface area contributed by atoms with E-state index in [1.54, 1.807) is 11.3 Å². The van der Waals surface area contributed by atoms with Gasteiger partial charge in [-0.2, -0.15) is 0 Å². The molecule has 2 aromatic rings. The predicted molar refractivity (Wildman–Crippen MR) is 84.4 cm³/mol. The van der Waals surface area contributed by atoms with Gasteiger partial charge in [0.2, 0.25) is 5.91 Å². The Morgan fingerprint density at radius 3 is 2.95 bits per heavy atom. The van der Waals surface area contributed by atoms with Crippen LogP contribution in [0.25, 0.3) is 0 Å². The van der Waals surface area contributed by atoms with Crippen molar-refractivity contribution in [2.45, 2.75) is 32.7 Å². The normalized spacial score (nSPS) is 13.1. The molecule has 0 unspecified atom stereocenters. The minimum absolute atomic E-state index is 0.0258. The molecule has 0 aliphatic heterocycles. The second-order valence-electron chi connectivity index (χ2n) is 5.13. The highest BCUT2D eigenvalue weighted by atomic mass is 32.1. The lowest BCUT2D eigenvalue weighted by atomic mass is 10.1. The highest BCUT2D eigenvalue weighted by Crippen LogP contribution is 2.27. The van der Waals surface area contributed by atoms with Crippen molar-refractivity contribution in [2.75, 3.05) is 10.6 Å². The van der Waals surface area contributed by atoms with Crippen LogP contribution >= 0.6 is 11.3 Å². The second-order valence-corrected chi connectivity index (χ2v) is 6.13. The number of aryl methyl sites for hydroxylation is 2. The van der Waals surface area contributed by atoms with Gasteiger partial charge in [-0.15, -0.1) is 11.3 Å². The molecular formula is C16H18N2OS. The van der Waals surface area contributed by atoms with Crippen molar-refractivity contribution in [1.29, 1.82) is 0 Å². The number of carbonyl (C=O) groups is 1. The number of anilines is 2. The maximum absolute atomic E-state index is 11.1. The van der Waals surface area contributed by atoms with Crippen LogP contribution in [0.2, 0.25) is 0 Å². The Hall–Kier alpha value is -1.81. The fourth-order valence-electron chi connectivity index (χ4n) is 2.64. The number of thiophene rings is 1. The van der Waals surface area contributed by atoms with E-state index in [4.69, 9.17) is 0 Å². The summed E-state index contributed by atoms with van der Waals surface area (Å²) >= 11 is 1.66. The lowest BCUT2D eigenvalue weighted by Crippen LogP contribution is -2.08. The highest BCUT2D eigenvalue weighted by Gasteiger charge is 2.11. The highest BCUT2D eigenvalue weighted by molar-refractivity contribution is 7.10. The van der Waals surface area contributed by atoms with Gasteiger partial charge in [0.1, 0.15) is 0 Å². The molecule has 104 valence electrons. The van der Waals surface area contributed by atoms with E-state index in [-0.39, 0.29) is 5.91 Å². The first kappa shape index (κ1) is 13.2. The molecule has 3 rings (SSSR count). The zero-order valence-corrected chi connectivity index (χ0v) is 12.3. The number of amides is 1. The summed E-state index contributed by atoms with van der Waals surface area (Å²) in [6.45, 7) is 2.28. The van der Waals surface area contributed by atoms with E-state index in [1.807, 2.05) is 11.4 Å². The third kappa shape index (κ3) is 2.85. The number of nitrogens with one attached hydrogen (secondary N) is 2. The Morgan fingerprint density at radius 1 is 1.25 bits per heavy atom. The summed E-state index contributed by atoms with van der Waals surface area (Å²) in [6.07, 6.45) is 3.69. The van der Waals surface area contributed by atoms with Gasteiger partial charge in [-0.05, 0) is 54.0 Å². The molecule has 0 atom stereocenters. The first-order chi connectivity index (χ1) is 9.72. The van der Waals surface area contributed by atoms with Crippen LogP contribution in [-0.4, -0.2) is 5.91 Å². The Balaban J connectivity index is 1.67. The Kier molecular flexibility index (Phi) is 3.74. The van der Waals surface area contributed by atoms with E-state index >= 15 is 0 Å². The molecule has 0 saturated heterocycles. The van der Waals surface area contributed by atoms with Crippen molar-refractivity contribution >= 4 is 28.6 Å². The number of rotatable bonds is 4. The first-order valence-electron chi connectivity index (χ1n) is 6.92. The van der Waals surface area contributed by atoms with Crippen molar-refractivity contribution in [3.8, 4) is 0 Å². The maximum atomic E-state index is 11.1. The molecule has 0 saturated carbocycles. The first-order valence-corrected chi connectivity index (χ1v) is 7.80. The number of benzene rings is 1. The molecule has 0 spiro atoms. The largest absolute Gasteiger partial charge is 0.380 e. The van der Waals surface area contributed by atoms with Crippen molar-refractivity contribution in [3.63, 3.8) is 0 Å². The van der Waals surface area contributed by atoms with Crippen LogP contribution in [0.1, 0.15) is 29.3 Å². The minimum atomic E-state index is -0.0258. The minimum Gasteiger partial charge on any atom is -0.380 e. The predicted octanol–water partition coefficient (Wildman–Crippen LogP) is 3.81. The maximum Gasteiger partial charge on any atom is 0.221 e. The monoisotopic (exact) mass is 286 g/mol. The number of hydrogen-bond donors (Lipinski definition) is 2. The molecule has 1 aliphatic carbocycles. The molecule has 3 nitrogen and oxygen atoms in total. The lowest BCUT2D eigenvalue weighted by Gasteiger charge is -2.09. The Labute approximate surface area is 123 Å². The summed E-state index contributed by atoms with van der Waals surface area (Å²) in [4.78, 5) is 12.3. The quantitative estimate of drug-likeness (QED) is 0.897. The number of carbonyl (C=O) groups excluding carboxylic acids is 1. The molecule has 4 heteroatoms. The average molecular weight is 286 g/mol. The van der Waals surface area contributed by atoms with E-state index < -0.39 is 0 Å². The van der Waals surface area contributed by atoms with Gasteiger partial charge in [0, 0.05) is 17.5 Å². The van der Waals surface area contributed by atoms with E-state index in [2.05, 4.69) is 28.8 Å². The molecule has 1 amide bonds. The molecular weight excluding hydrogens is 268 g/mol. The van der Waals surface area contributed by atoms with Crippen LogP contribution in [-0.2, 0) is 24.2 Å². The van der Waals surface area contributed by atoms with Crippen LogP contribution in [0, 0.1) is 0 Å². The standard InChI is InChI=1S/C16H18N2OS/c1-11(19)18-15-7-8-20-16(15)10-17-14-6-5-12-3-2-4-13(12)9-14/h5-9,17H,2-4,10H2,1H3,(H,18,19). The molecule has 1 aliphatic rings. The van der Waals surface area contributed by atoms with E-state index in [1.165, 1.54) is 37.3 Å². The van der Waals surface area contributed by atoms with E-state index in [0.29, 0.717) is 0 Å². The van der Waals surface area contributed by atoms with Gasteiger partial charge >= 0.3 is 0 Å². The van der Waals surface area contributed by atoms with Crippen LogP contribution in [0.15, 0.2) is 29.6 Å².